The molecule has 2 heteroatoms. The molecule has 0 spiro atoms. The first-order chi connectivity index (χ1) is 10.2. The number of pyridine rings is 1. The molecule has 1 heterocycles. The number of aromatic nitrogens is 1. The Balaban J connectivity index is 1.77. The lowest BCUT2D eigenvalue weighted by Gasteiger charge is -2.15. The third-order valence-electron chi connectivity index (χ3n) is 3.89. The Kier molecular flexibility index (Phi) is 3.98. The van der Waals surface area contributed by atoms with Crippen molar-refractivity contribution in [3.8, 4) is 0 Å². The molecule has 0 unspecified atom stereocenters. The van der Waals surface area contributed by atoms with Gasteiger partial charge in [-0.2, -0.15) is 0 Å². The van der Waals surface area contributed by atoms with Crippen LogP contribution in [0.25, 0.3) is 10.8 Å². The Morgan fingerprint density at radius 2 is 1.90 bits per heavy atom. The smallest absolute Gasteiger partial charge is 0.0346 e. The number of fused-ring (bicyclic) bond motifs is 1. The standard InChI is InChI=1S/C19H20N2/c1-14-6-5-8-16(10-14)15(2)21-13-18-12-20-11-17-7-3-4-9-19(17)18/h3-12,15,21H,13H2,1-2H3/t15-/m1/s1. The Morgan fingerprint density at radius 1 is 1.05 bits per heavy atom. The first-order valence-electron chi connectivity index (χ1n) is 7.35. The summed E-state index contributed by atoms with van der Waals surface area (Å²) >= 11 is 0. The van der Waals surface area contributed by atoms with Crippen LogP contribution in [0.5, 0.6) is 0 Å². The molecule has 3 rings (SSSR count). The van der Waals surface area contributed by atoms with Crippen LogP contribution in [0.1, 0.15) is 29.7 Å². The predicted molar refractivity (Wildman–Crippen MR) is 88.2 cm³/mol. The van der Waals surface area contributed by atoms with Crippen LogP contribution in [0.2, 0.25) is 0 Å². The number of hydrogen-bond acceptors (Lipinski definition) is 2. The fraction of sp³-hybridized carbons (Fsp3) is 0.211. The van der Waals surface area contributed by atoms with Crippen molar-refractivity contribution in [3.63, 3.8) is 0 Å². The molecular weight excluding hydrogens is 256 g/mol. The largest absolute Gasteiger partial charge is 0.306 e. The van der Waals surface area contributed by atoms with Crippen LogP contribution in [0.15, 0.2) is 60.9 Å². The van der Waals surface area contributed by atoms with E-state index in [4.69, 9.17) is 0 Å². The lowest BCUT2D eigenvalue weighted by Crippen LogP contribution is -2.18. The lowest BCUT2D eigenvalue weighted by atomic mass is 10.0. The second-order valence-electron chi connectivity index (χ2n) is 5.54. The van der Waals surface area contributed by atoms with Crippen molar-refractivity contribution in [2.75, 3.05) is 0 Å². The molecule has 2 aromatic carbocycles. The summed E-state index contributed by atoms with van der Waals surface area (Å²) in [5.74, 6) is 0. The van der Waals surface area contributed by atoms with E-state index in [1.54, 1.807) is 0 Å². The summed E-state index contributed by atoms with van der Waals surface area (Å²) in [6.45, 7) is 5.15. The number of hydrogen-bond donors (Lipinski definition) is 1. The van der Waals surface area contributed by atoms with Gasteiger partial charge in [-0.1, -0.05) is 54.1 Å². The maximum absolute atomic E-state index is 4.34. The third kappa shape index (κ3) is 3.11. The van der Waals surface area contributed by atoms with Gasteiger partial charge in [-0.25, -0.2) is 0 Å². The van der Waals surface area contributed by atoms with E-state index in [1.807, 2.05) is 12.4 Å². The summed E-state index contributed by atoms with van der Waals surface area (Å²) in [5.41, 5.74) is 3.86. The number of rotatable bonds is 4. The fourth-order valence-electron chi connectivity index (χ4n) is 2.64. The highest BCUT2D eigenvalue weighted by atomic mass is 14.9. The molecule has 0 fully saturated rings. The highest BCUT2D eigenvalue weighted by molar-refractivity contribution is 5.84. The molecule has 1 aromatic heterocycles. The summed E-state index contributed by atoms with van der Waals surface area (Å²) in [5, 5.41) is 6.06. The Labute approximate surface area is 125 Å². The topological polar surface area (TPSA) is 24.9 Å². The Hall–Kier alpha value is -2.19. The van der Waals surface area contributed by atoms with Crippen LogP contribution in [-0.2, 0) is 6.54 Å². The van der Waals surface area contributed by atoms with Crippen molar-refractivity contribution < 1.29 is 0 Å². The van der Waals surface area contributed by atoms with Crippen molar-refractivity contribution in [2.24, 2.45) is 0 Å². The van der Waals surface area contributed by atoms with E-state index in [0.29, 0.717) is 6.04 Å². The van der Waals surface area contributed by atoms with Gasteiger partial charge in [0.25, 0.3) is 0 Å². The minimum Gasteiger partial charge on any atom is -0.306 e. The molecule has 0 bridgehead atoms. The molecule has 0 aliphatic carbocycles. The summed E-state index contributed by atoms with van der Waals surface area (Å²) in [4.78, 5) is 4.34. The zero-order valence-corrected chi connectivity index (χ0v) is 12.5. The van der Waals surface area contributed by atoms with Crippen molar-refractivity contribution >= 4 is 10.8 Å². The van der Waals surface area contributed by atoms with Gasteiger partial charge in [-0.05, 0) is 30.4 Å². The molecule has 0 radical (unpaired) electrons. The number of benzene rings is 2. The molecule has 1 atom stereocenters. The zero-order valence-electron chi connectivity index (χ0n) is 12.5. The summed E-state index contributed by atoms with van der Waals surface area (Å²) in [6, 6.07) is 17.4. The maximum atomic E-state index is 4.34. The number of nitrogens with zero attached hydrogens (tertiary/aromatic N) is 1. The normalized spacial score (nSPS) is 12.5. The van der Waals surface area contributed by atoms with Gasteiger partial charge >= 0.3 is 0 Å². The molecule has 3 aromatic rings. The summed E-state index contributed by atoms with van der Waals surface area (Å²) < 4.78 is 0. The number of nitrogens with one attached hydrogen (secondary N) is 1. The van der Waals surface area contributed by atoms with E-state index >= 15 is 0 Å². The summed E-state index contributed by atoms with van der Waals surface area (Å²) in [7, 11) is 0. The maximum Gasteiger partial charge on any atom is 0.0346 e. The first-order valence-corrected chi connectivity index (χ1v) is 7.35. The average molecular weight is 276 g/mol. The fourth-order valence-corrected chi connectivity index (χ4v) is 2.64. The van der Waals surface area contributed by atoms with Crippen molar-refractivity contribution in [1.29, 1.82) is 0 Å². The molecule has 0 saturated heterocycles. The van der Waals surface area contributed by atoms with Crippen molar-refractivity contribution in [1.82, 2.24) is 10.3 Å². The van der Waals surface area contributed by atoms with Crippen LogP contribution in [0.3, 0.4) is 0 Å². The quantitative estimate of drug-likeness (QED) is 0.764. The average Bonchev–Trinajstić information content (AvgIpc) is 2.52. The van der Waals surface area contributed by atoms with E-state index in [9.17, 15) is 0 Å². The van der Waals surface area contributed by atoms with Gasteiger partial charge in [0.1, 0.15) is 0 Å². The first kappa shape index (κ1) is 13.8. The molecule has 0 aliphatic rings. The Bertz CT molecular complexity index is 744. The Morgan fingerprint density at radius 3 is 2.76 bits per heavy atom. The number of aryl methyl sites for hydroxylation is 1. The van der Waals surface area contributed by atoms with E-state index in [2.05, 4.69) is 72.7 Å². The van der Waals surface area contributed by atoms with Gasteiger partial charge in [0.05, 0.1) is 0 Å². The van der Waals surface area contributed by atoms with E-state index < -0.39 is 0 Å². The molecular formula is C19H20N2. The lowest BCUT2D eigenvalue weighted by molar-refractivity contribution is 0.575. The molecule has 1 N–H and O–H groups in total. The van der Waals surface area contributed by atoms with E-state index in [0.717, 1.165) is 6.54 Å². The van der Waals surface area contributed by atoms with Crippen LogP contribution in [0, 0.1) is 6.92 Å². The molecule has 0 saturated carbocycles. The van der Waals surface area contributed by atoms with E-state index in [-0.39, 0.29) is 0 Å². The zero-order chi connectivity index (χ0) is 14.7. The predicted octanol–water partition coefficient (Wildman–Crippen LogP) is 4.39. The highest BCUT2D eigenvalue weighted by Crippen LogP contribution is 2.19. The molecule has 0 aliphatic heterocycles. The van der Waals surface area contributed by atoms with Crippen LogP contribution < -0.4 is 5.32 Å². The van der Waals surface area contributed by atoms with Gasteiger partial charge < -0.3 is 5.32 Å². The van der Waals surface area contributed by atoms with Crippen molar-refractivity contribution in [3.05, 3.63) is 77.6 Å². The minimum atomic E-state index is 0.323. The van der Waals surface area contributed by atoms with E-state index in [1.165, 1.54) is 27.5 Å². The van der Waals surface area contributed by atoms with Crippen LogP contribution in [0.4, 0.5) is 0 Å². The monoisotopic (exact) mass is 276 g/mol. The van der Waals surface area contributed by atoms with Gasteiger partial charge in [0.15, 0.2) is 0 Å². The molecule has 21 heavy (non-hydrogen) atoms. The second-order valence-corrected chi connectivity index (χ2v) is 5.54. The van der Waals surface area contributed by atoms with Crippen LogP contribution in [-0.4, -0.2) is 4.98 Å². The summed E-state index contributed by atoms with van der Waals surface area (Å²) in [6.07, 6.45) is 3.88. The molecule has 0 amide bonds. The molecule has 106 valence electrons. The highest BCUT2D eigenvalue weighted by Gasteiger charge is 2.06. The van der Waals surface area contributed by atoms with Crippen molar-refractivity contribution in [2.45, 2.75) is 26.4 Å². The van der Waals surface area contributed by atoms with Crippen LogP contribution >= 0.6 is 0 Å². The minimum absolute atomic E-state index is 0.323. The SMILES string of the molecule is Cc1cccc([C@@H](C)NCc2cncc3ccccc23)c1. The van der Waals surface area contributed by atoms with Gasteiger partial charge in [-0.3, -0.25) is 4.98 Å². The molecule has 2 nitrogen and oxygen atoms in total. The van der Waals surface area contributed by atoms with Gasteiger partial charge in [0.2, 0.25) is 0 Å². The second kappa shape index (κ2) is 6.06. The third-order valence-corrected chi connectivity index (χ3v) is 3.89. The van der Waals surface area contributed by atoms with Gasteiger partial charge in [-0.15, -0.1) is 0 Å². The van der Waals surface area contributed by atoms with Gasteiger partial charge in [0, 0.05) is 30.4 Å².